The second-order valence-electron chi connectivity index (χ2n) is 4.50. The molecule has 0 aromatic heterocycles. The van der Waals surface area contributed by atoms with Gasteiger partial charge in [-0.3, -0.25) is 4.79 Å². The lowest BCUT2D eigenvalue weighted by Crippen LogP contribution is -2.44. The maximum absolute atomic E-state index is 11.6. The Labute approximate surface area is 85.8 Å². The van der Waals surface area contributed by atoms with Gasteiger partial charge < -0.3 is 10.2 Å². The third kappa shape index (κ3) is 2.47. The van der Waals surface area contributed by atoms with Crippen molar-refractivity contribution in [2.75, 3.05) is 26.2 Å². The standard InChI is InChI=1S/C11H20N2O/c14-11-4-2-1-3-6-13(11)7-5-10-8-12-9-10/h10,12H,1-9H2. The van der Waals surface area contributed by atoms with Gasteiger partial charge in [-0.25, -0.2) is 0 Å². The molecule has 2 aliphatic rings. The van der Waals surface area contributed by atoms with Crippen LogP contribution < -0.4 is 5.32 Å². The van der Waals surface area contributed by atoms with Crippen LogP contribution in [0.15, 0.2) is 0 Å². The highest BCUT2D eigenvalue weighted by Gasteiger charge is 2.20. The Bertz CT molecular complexity index is 201. The molecule has 2 saturated heterocycles. The second-order valence-corrected chi connectivity index (χ2v) is 4.50. The molecule has 0 spiro atoms. The van der Waals surface area contributed by atoms with Crippen molar-refractivity contribution >= 4 is 5.91 Å². The van der Waals surface area contributed by atoms with Gasteiger partial charge in [-0.05, 0) is 38.3 Å². The van der Waals surface area contributed by atoms with E-state index < -0.39 is 0 Å². The molecule has 0 aromatic rings. The molecule has 0 saturated carbocycles. The molecule has 2 fully saturated rings. The molecule has 0 atom stereocenters. The van der Waals surface area contributed by atoms with Gasteiger partial charge in [-0.1, -0.05) is 6.42 Å². The van der Waals surface area contributed by atoms with Crippen molar-refractivity contribution < 1.29 is 4.79 Å². The third-order valence-electron chi connectivity index (χ3n) is 3.34. The highest BCUT2D eigenvalue weighted by atomic mass is 16.2. The van der Waals surface area contributed by atoms with Crippen LogP contribution in [0.1, 0.15) is 32.1 Å². The topological polar surface area (TPSA) is 32.3 Å². The van der Waals surface area contributed by atoms with E-state index in [1.54, 1.807) is 0 Å². The van der Waals surface area contributed by atoms with E-state index in [-0.39, 0.29) is 0 Å². The van der Waals surface area contributed by atoms with Crippen molar-refractivity contribution in [3.8, 4) is 0 Å². The Kier molecular flexibility index (Phi) is 3.40. The summed E-state index contributed by atoms with van der Waals surface area (Å²) in [4.78, 5) is 13.7. The van der Waals surface area contributed by atoms with Crippen molar-refractivity contribution in [1.82, 2.24) is 10.2 Å². The van der Waals surface area contributed by atoms with Crippen molar-refractivity contribution in [3.05, 3.63) is 0 Å². The van der Waals surface area contributed by atoms with E-state index in [1.807, 2.05) is 0 Å². The quantitative estimate of drug-likeness (QED) is 0.730. The van der Waals surface area contributed by atoms with Crippen LogP contribution in [0.5, 0.6) is 0 Å². The van der Waals surface area contributed by atoms with Gasteiger partial charge in [0.15, 0.2) is 0 Å². The first-order valence-corrected chi connectivity index (χ1v) is 5.85. The van der Waals surface area contributed by atoms with E-state index in [0.717, 1.165) is 44.9 Å². The van der Waals surface area contributed by atoms with E-state index in [2.05, 4.69) is 10.2 Å². The fraction of sp³-hybridized carbons (Fsp3) is 0.909. The van der Waals surface area contributed by atoms with Crippen LogP contribution in [0.4, 0.5) is 0 Å². The summed E-state index contributed by atoms with van der Waals surface area (Å²) in [6, 6.07) is 0. The molecule has 1 N–H and O–H groups in total. The van der Waals surface area contributed by atoms with E-state index in [9.17, 15) is 4.79 Å². The van der Waals surface area contributed by atoms with Gasteiger partial charge in [0.05, 0.1) is 0 Å². The van der Waals surface area contributed by atoms with E-state index in [4.69, 9.17) is 0 Å². The normalized spacial score (nSPS) is 24.6. The number of likely N-dealkylation sites (tertiary alicyclic amines) is 1. The molecule has 0 aromatic carbocycles. The van der Waals surface area contributed by atoms with E-state index in [0.29, 0.717) is 5.91 Å². The minimum absolute atomic E-state index is 0.384. The minimum Gasteiger partial charge on any atom is -0.343 e. The summed E-state index contributed by atoms with van der Waals surface area (Å²) >= 11 is 0. The molecule has 0 radical (unpaired) electrons. The summed E-state index contributed by atoms with van der Waals surface area (Å²) in [5, 5.41) is 3.27. The van der Waals surface area contributed by atoms with Gasteiger partial charge in [0.25, 0.3) is 0 Å². The summed E-state index contributed by atoms with van der Waals surface area (Å²) in [5.74, 6) is 1.21. The molecule has 0 unspecified atom stereocenters. The van der Waals surface area contributed by atoms with Gasteiger partial charge in [0.2, 0.25) is 5.91 Å². The molecular weight excluding hydrogens is 176 g/mol. The van der Waals surface area contributed by atoms with Crippen LogP contribution in [0.25, 0.3) is 0 Å². The molecule has 80 valence electrons. The molecular formula is C11H20N2O. The molecule has 0 bridgehead atoms. The first-order chi connectivity index (χ1) is 6.86. The summed E-state index contributed by atoms with van der Waals surface area (Å²) < 4.78 is 0. The van der Waals surface area contributed by atoms with Crippen LogP contribution in [-0.2, 0) is 4.79 Å². The molecule has 2 rings (SSSR count). The molecule has 0 aliphatic carbocycles. The zero-order chi connectivity index (χ0) is 9.80. The largest absolute Gasteiger partial charge is 0.343 e. The van der Waals surface area contributed by atoms with Gasteiger partial charge in [-0.2, -0.15) is 0 Å². The molecule has 3 heteroatoms. The monoisotopic (exact) mass is 196 g/mol. The Morgan fingerprint density at radius 3 is 2.86 bits per heavy atom. The highest BCUT2D eigenvalue weighted by molar-refractivity contribution is 5.76. The number of hydrogen-bond acceptors (Lipinski definition) is 2. The average Bonchev–Trinajstić information content (AvgIpc) is 2.29. The van der Waals surface area contributed by atoms with E-state index in [1.165, 1.54) is 19.3 Å². The number of carbonyl (C=O) groups excluding carboxylic acids is 1. The van der Waals surface area contributed by atoms with Crippen molar-refractivity contribution in [3.63, 3.8) is 0 Å². The fourth-order valence-electron chi connectivity index (χ4n) is 2.17. The number of hydrogen-bond donors (Lipinski definition) is 1. The third-order valence-corrected chi connectivity index (χ3v) is 3.34. The molecule has 2 heterocycles. The van der Waals surface area contributed by atoms with Gasteiger partial charge in [-0.15, -0.1) is 0 Å². The molecule has 1 amide bonds. The van der Waals surface area contributed by atoms with Crippen molar-refractivity contribution in [1.29, 1.82) is 0 Å². The summed E-state index contributed by atoms with van der Waals surface area (Å²) in [5.41, 5.74) is 0. The molecule has 14 heavy (non-hydrogen) atoms. The van der Waals surface area contributed by atoms with E-state index >= 15 is 0 Å². The fourth-order valence-corrected chi connectivity index (χ4v) is 2.17. The lowest BCUT2D eigenvalue weighted by molar-refractivity contribution is -0.130. The smallest absolute Gasteiger partial charge is 0.222 e. The second kappa shape index (κ2) is 4.78. The summed E-state index contributed by atoms with van der Waals surface area (Å²) in [7, 11) is 0. The van der Waals surface area contributed by atoms with Gasteiger partial charge >= 0.3 is 0 Å². The average molecular weight is 196 g/mol. The maximum atomic E-state index is 11.6. The summed E-state index contributed by atoms with van der Waals surface area (Å²) in [6.45, 7) is 4.30. The van der Waals surface area contributed by atoms with Crippen molar-refractivity contribution in [2.45, 2.75) is 32.1 Å². The predicted molar refractivity (Wildman–Crippen MR) is 56.0 cm³/mol. The number of carbonyl (C=O) groups is 1. The van der Waals surface area contributed by atoms with Crippen LogP contribution in [0.3, 0.4) is 0 Å². The zero-order valence-electron chi connectivity index (χ0n) is 8.80. The number of amides is 1. The number of nitrogens with one attached hydrogen (secondary N) is 1. The molecule has 2 aliphatic heterocycles. The lowest BCUT2D eigenvalue weighted by Gasteiger charge is -2.30. The zero-order valence-corrected chi connectivity index (χ0v) is 8.80. The summed E-state index contributed by atoms with van der Waals surface area (Å²) in [6.07, 6.45) is 5.50. The Morgan fingerprint density at radius 1 is 1.29 bits per heavy atom. The Morgan fingerprint density at radius 2 is 2.14 bits per heavy atom. The first kappa shape index (κ1) is 9.97. The molecule has 3 nitrogen and oxygen atoms in total. The van der Waals surface area contributed by atoms with Gasteiger partial charge in [0.1, 0.15) is 0 Å². The first-order valence-electron chi connectivity index (χ1n) is 5.85. The Hall–Kier alpha value is -0.570. The number of rotatable bonds is 3. The Balaban J connectivity index is 1.73. The van der Waals surface area contributed by atoms with Crippen molar-refractivity contribution in [2.24, 2.45) is 5.92 Å². The SMILES string of the molecule is O=C1CCCCCN1CCC1CNC1. The van der Waals surface area contributed by atoms with Crippen LogP contribution in [-0.4, -0.2) is 37.0 Å². The van der Waals surface area contributed by atoms with Crippen LogP contribution in [0.2, 0.25) is 0 Å². The van der Waals surface area contributed by atoms with Crippen LogP contribution >= 0.6 is 0 Å². The highest BCUT2D eigenvalue weighted by Crippen LogP contribution is 2.14. The number of nitrogens with zero attached hydrogens (tertiary/aromatic N) is 1. The predicted octanol–water partition coefficient (Wildman–Crippen LogP) is 0.998. The van der Waals surface area contributed by atoms with Gasteiger partial charge in [0, 0.05) is 19.5 Å². The van der Waals surface area contributed by atoms with Crippen LogP contribution in [0, 0.1) is 5.92 Å². The lowest BCUT2D eigenvalue weighted by atomic mass is 9.99. The maximum Gasteiger partial charge on any atom is 0.222 e. The minimum atomic E-state index is 0.384.